The Hall–Kier alpha value is -2.13. The molecular weight excluding hydrogens is 284 g/mol. The molecule has 1 amide bonds. The zero-order valence-corrected chi connectivity index (χ0v) is 14.1. The first-order valence-corrected chi connectivity index (χ1v) is 8.39. The van der Waals surface area contributed by atoms with E-state index in [1.165, 1.54) is 11.1 Å². The summed E-state index contributed by atoms with van der Waals surface area (Å²) in [5, 5.41) is 6.33. The standard InChI is InChI=1S/C20H26N2O/c1-3-16-9-11-17(12-10-16)13-14-20(23)22-19-8-6-5-7-18(19)15-21-4-2/h5-12,21H,3-4,13-15H2,1-2H3,(H,22,23). The predicted molar refractivity (Wildman–Crippen MR) is 96.6 cm³/mol. The van der Waals surface area contributed by atoms with Gasteiger partial charge in [-0.1, -0.05) is 56.3 Å². The molecule has 0 atom stereocenters. The normalized spacial score (nSPS) is 10.5. The molecule has 0 aliphatic rings. The lowest BCUT2D eigenvalue weighted by Crippen LogP contribution is -2.17. The molecule has 2 rings (SSSR count). The second kappa shape index (κ2) is 9.11. The Kier molecular flexibility index (Phi) is 6.82. The average molecular weight is 310 g/mol. The van der Waals surface area contributed by atoms with Crippen molar-refractivity contribution in [2.75, 3.05) is 11.9 Å². The summed E-state index contributed by atoms with van der Waals surface area (Å²) in [6.45, 7) is 5.90. The number of hydrogen-bond acceptors (Lipinski definition) is 2. The van der Waals surface area contributed by atoms with Gasteiger partial charge in [0.2, 0.25) is 5.91 Å². The van der Waals surface area contributed by atoms with Crippen molar-refractivity contribution in [2.45, 2.75) is 39.7 Å². The van der Waals surface area contributed by atoms with Gasteiger partial charge in [-0.15, -0.1) is 0 Å². The lowest BCUT2D eigenvalue weighted by Gasteiger charge is -2.11. The molecule has 2 aromatic carbocycles. The Morgan fingerprint density at radius 2 is 1.65 bits per heavy atom. The first-order valence-electron chi connectivity index (χ1n) is 8.39. The minimum Gasteiger partial charge on any atom is -0.326 e. The molecule has 0 aliphatic heterocycles. The molecule has 2 N–H and O–H groups in total. The van der Waals surface area contributed by atoms with E-state index in [0.717, 1.165) is 37.2 Å². The summed E-state index contributed by atoms with van der Waals surface area (Å²) in [5.74, 6) is 0.0634. The summed E-state index contributed by atoms with van der Waals surface area (Å²) in [5.41, 5.74) is 4.56. The summed E-state index contributed by atoms with van der Waals surface area (Å²) in [7, 11) is 0. The monoisotopic (exact) mass is 310 g/mol. The number of aryl methyl sites for hydroxylation is 2. The number of hydrogen-bond donors (Lipinski definition) is 2. The molecule has 0 radical (unpaired) electrons. The highest BCUT2D eigenvalue weighted by Gasteiger charge is 2.06. The van der Waals surface area contributed by atoms with Crippen LogP contribution in [0.2, 0.25) is 0 Å². The van der Waals surface area contributed by atoms with Crippen molar-refractivity contribution >= 4 is 11.6 Å². The first-order chi connectivity index (χ1) is 11.2. The molecule has 0 aromatic heterocycles. The number of amides is 1. The highest BCUT2D eigenvalue weighted by atomic mass is 16.1. The SMILES string of the molecule is CCNCc1ccccc1NC(=O)CCc1ccc(CC)cc1. The van der Waals surface area contributed by atoms with Crippen LogP contribution in [0.15, 0.2) is 48.5 Å². The van der Waals surface area contributed by atoms with Crippen LogP contribution < -0.4 is 10.6 Å². The zero-order chi connectivity index (χ0) is 16.5. The first kappa shape index (κ1) is 17.2. The molecule has 2 aromatic rings. The fraction of sp³-hybridized carbons (Fsp3) is 0.350. The van der Waals surface area contributed by atoms with Gasteiger partial charge < -0.3 is 10.6 Å². The van der Waals surface area contributed by atoms with Crippen LogP contribution >= 0.6 is 0 Å². The summed E-state index contributed by atoms with van der Waals surface area (Å²) < 4.78 is 0. The van der Waals surface area contributed by atoms with Gasteiger partial charge in [-0.2, -0.15) is 0 Å². The Morgan fingerprint density at radius 1 is 0.957 bits per heavy atom. The Labute approximate surface area is 139 Å². The summed E-state index contributed by atoms with van der Waals surface area (Å²) in [6.07, 6.45) is 2.32. The molecule has 0 saturated carbocycles. The van der Waals surface area contributed by atoms with Crippen molar-refractivity contribution in [1.82, 2.24) is 5.32 Å². The number of para-hydroxylation sites is 1. The van der Waals surface area contributed by atoms with E-state index in [2.05, 4.69) is 48.7 Å². The maximum Gasteiger partial charge on any atom is 0.224 e. The molecule has 122 valence electrons. The summed E-state index contributed by atoms with van der Waals surface area (Å²) in [4.78, 5) is 12.2. The largest absolute Gasteiger partial charge is 0.326 e. The van der Waals surface area contributed by atoms with Gasteiger partial charge in [0, 0.05) is 18.7 Å². The van der Waals surface area contributed by atoms with Gasteiger partial charge in [-0.25, -0.2) is 0 Å². The maximum atomic E-state index is 12.2. The van der Waals surface area contributed by atoms with Crippen molar-refractivity contribution < 1.29 is 4.79 Å². The van der Waals surface area contributed by atoms with Crippen LogP contribution in [0.25, 0.3) is 0 Å². The van der Waals surface area contributed by atoms with E-state index in [-0.39, 0.29) is 5.91 Å². The van der Waals surface area contributed by atoms with Crippen molar-refractivity contribution in [1.29, 1.82) is 0 Å². The summed E-state index contributed by atoms with van der Waals surface area (Å²) in [6, 6.07) is 16.5. The molecule has 0 saturated heterocycles. The highest BCUT2D eigenvalue weighted by Crippen LogP contribution is 2.15. The molecule has 23 heavy (non-hydrogen) atoms. The van der Waals surface area contributed by atoms with Crippen molar-refractivity contribution in [3.8, 4) is 0 Å². The molecule has 0 spiro atoms. The van der Waals surface area contributed by atoms with Gasteiger partial charge in [0.15, 0.2) is 0 Å². The number of anilines is 1. The lowest BCUT2D eigenvalue weighted by molar-refractivity contribution is -0.116. The van der Waals surface area contributed by atoms with Crippen LogP contribution in [-0.2, 0) is 24.2 Å². The maximum absolute atomic E-state index is 12.2. The molecule has 0 bridgehead atoms. The minimum atomic E-state index is 0.0634. The quantitative estimate of drug-likeness (QED) is 0.775. The molecule has 0 fully saturated rings. The van der Waals surface area contributed by atoms with E-state index in [4.69, 9.17) is 0 Å². The predicted octanol–water partition coefficient (Wildman–Crippen LogP) is 3.93. The molecule has 0 heterocycles. The van der Waals surface area contributed by atoms with Crippen LogP contribution in [-0.4, -0.2) is 12.5 Å². The highest BCUT2D eigenvalue weighted by molar-refractivity contribution is 5.91. The van der Waals surface area contributed by atoms with E-state index in [1.807, 2.05) is 24.3 Å². The van der Waals surface area contributed by atoms with Crippen LogP contribution in [0.4, 0.5) is 5.69 Å². The van der Waals surface area contributed by atoms with Crippen molar-refractivity contribution in [3.05, 3.63) is 65.2 Å². The Bertz CT molecular complexity index is 620. The van der Waals surface area contributed by atoms with E-state index >= 15 is 0 Å². The van der Waals surface area contributed by atoms with Gasteiger partial charge in [-0.3, -0.25) is 4.79 Å². The number of carbonyl (C=O) groups excluding carboxylic acids is 1. The van der Waals surface area contributed by atoms with Crippen molar-refractivity contribution in [3.63, 3.8) is 0 Å². The topological polar surface area (TPSA) is 41.1 Å². The van der Waals surface area contributed by atoms with Crippen LogP contribution in [0.5, 0.6) is 0 Å². The average Bonchev–Trinajstić information content (AvgIpc) is 2.59. The zero-order valence-electron chi connectivity index (χ0n) is 14.1. The van der Waals surface area contributed by atoms with E-state index in [0.29, 0.717) is 6.42 Å². The Balaban J connectivity index is 1.89. The molecule has 0 aliphatic carbocycles. The third-order valence-electron chi connectivity index (χ3n) is 3.93. The second-order valence-corrected chi connectivity index (χ2v) is 5.66. The van der Waals surface area contributed by atoms with Gasteiger partial charge in [0.25, 0.3) is 0 Å². The molecule has 3 nitrogen and oxygen atoms in total. The fourth-order valence-corrected chi connectivity index (χ4v) is 2.47. The van der Waals surface area contributed by atoms with E-state index < -0.39 is 0 Å². The molecule has 0 unspecified atom stereocenters. The molecule has 3 heteroatoms. The molecular formula is C20H26N2O. The third-order valence-corrected chi connectivity index (χ3v) is 3.93. The number of nitrogens with one attached hydrogen (secondary N) is 2. The van der Waals surface area contributed by atoms with Gasteiger partial charge in [0.1, 0.15) is 0 Å². The number of benzene rings is 2. The van der Waals surface area contributed by atoms with Crippen LogP contribution in [0.1, 0.15) is 37.0 Å². The van der Waals surface area contributed by atoms with Gasteiger partial charge in [0.05, 0.1) is 0 Å². The van der Waals surface area contributed by atoms with Crippen LogP contribution in [0.3, 0.4) is 0 Å². The van der Waals surface area contributed by atoms with E-state index in [1.54, 1.807) is 0 Å². The Morgan fingerprint density at radius 3 is 2.35 bits per heavy atom. The second-order valence-electron chi connectivity index (χ2n) is 5.66. The van der Waals surface area contributed by atoms with Crippen molar-refractivity contribution in [2.24, 2.45) is 0 Å². The number of carbonyl (C=O) groups is 1. The van der Waals surface area contributed by atoms with E-state index in [9.17, 15) is 4.79 Å². The van der Waals surface area contributed by atoms with Gasteiger partial charge in [-0.05, 0) is 42.1 Å². The van der Waals surface area contributed by atoms with Gasteiger partial charge >= 0.3 is 0 Å². The minimum absolute atomic E-state index is 0.0634. The third kappa shape index (κ3) is 5.53. The number of rotatable bonds is 8. The fourth-order valence-electron chi connectivity index (χ4n) is 2.47. The smallest absolute Gasteiger partial charge is 0.224 e. The summed E-state index contributed by atoms with van der Waals surface area (Å²) >= 11 is 0. The lowest BCUT2D eigenvalue weighted by atomic mass is 10.1. The van der Waals surface area contributed by atoms with Crippen LogP contribution in [0, 0.1) is 0 Å².